The highest BCUT2D eigenvalue weighted by atomic mass is 16.5. The molecule has 19 heavy (non-hydrogen) atoms. The molecule has 1 unspecified atom stereocenters. The molecule has 1 aromatic rings. The number of hydrogen-bond acceptors (Lipinski definition) is 2. The van der Waals surface area contributed by atoms with E-state index in [0.29, 0.717) is 0 Å². The molecule has 2 heteroatoms. The Balaban J connectivity index is 1.58. The average molecular weight is 261 g/mol. The van der Waals surface area contributed by atoms with Crippen molar-refractivity contribution >= 4 is 0 Å². The van der Waals surface area contributed by atoms with Gasteiger partial charge in [0.1, 0.15) is 5.75 Å². The van der Waals surface area contributed by atoms with Crippen LogP contribution in [0.4, 0.5) is 0 Å². The molecule has 0 saturated heterocycles. The van der Waals surface area contributed by atoms with Crippen molar-refractivity contribution in [3.63, 3.8) is 0 Å². The SMILES string of the molecule is CCCC(CCCOc1ccccc1)CNC1CC1. The fourth-order valence-electron chi connectivity index (χ4n) is 2.46. The Bertz CT molecular complexity index is 334. The Kier molecular flexibility index (Phi) is 6.22. The number of ether oxygens (including phenoxy) is 1. The lowest BCUT2D eigenvalue weighted by Gasteiger charge is -2.17. The zero-order chi connectivity index (χ0) is 13.3. The van der Waals surface area contributed by atoms with E-state index in [-0.39, 0.29) is 0 Å². The lowest BCUT2D eigenvalue weighted by Crippen LogP contribution is -2.25. The van der Waals surface area contributed by atoms with Crippen molar-refractivity contribution in [3.8, 4) is 5.75 Å². The molecule has 1 fully saturated rings. The predicted octanol–water partition coefficient (Wildman–Crippen LogP) is 4.01. The van der Waals surface area contributed by atoms with Crippen molar-refractivity contribution in [1.29, 1.82) is 0 Å². The zero-order valence-corrected chi connectivity index (χ0v) is 12.1. The first-order valence-electron chi connectivity index (χ1n) is 7.79. The molecule has 1 aromatic carbocycles. The van der Waals surface area contributed by atoms with Crippen molar-refractivity contribution < 1.29 is 4.74 Å². The summed E-state index contributed by atoms with van der Waals surface area (Å²) in [7, 11) is 0. The van der Waals surface area contributed by atoms with Crippen molar-refractivity contribution in [2.45, 2.75) is 51.5 Å². The molecule has 2 rings (SSSR count). The van der Waals surface area contributed by atoms with Crippen molar-refractivity contribution in [2.24, 2.45) is 5.92 Å². The summed E-state index contributed by atoms with van der Waals surface area (Å²) in [5, 5.41) is 3.66. The molecule has 0 aliphatic heterocycles. The summed E-state index contributed by atoms with van der Waals surface area (Å²) in [6, 6.07) is 11.0. The number of nitrogens with one attached hydrogen (secondary N) is 1. The molecule has 1 aliphatic rings. The Morgan fingerprint density at radius 1 is 1.21 bits per heavy atom. The molecule has 0 radical (unpaired) electrons. The lowest BCUT2D eigenvalue weighted by atomic mass is 9.98. The van der Waals surface area contributed by atoms with Gasteiger partial charge >= 0.3 is 0 Å². The minimum absolute atomic E-state index is 0.824. The van der Waals surface area contributed by atoms with Gasteiger partial charge in [0.15, 0.2) is 0 Å². The summed E-state index contributed by atoms with van der Waals surface area (Å²) in [6.07, 6.45) is 7.83. The number of rotatable bonds is 10. The van der Waals surface area contributed by atoms with Gasteiger partial charge in [-0.2, -0.15) is 0 Å². The van der Waals surface area contributed by atoms with Gasteiger partial charge in [0.2, 0.25) is 0 Å². The topological polar surface area (TPSA) is 21.3 Å². The van der Waals surface area contributed by atoms with Crippen LogP contribution in [0.15, 0.2) is 30.3 Å². The van der Waals surface area contributed by atoms with E-state index in [0.717, 1.165) is 30.7 Å². The Morgan fingerprint density at radius 2 is 2.00 bits per heavy atom. The average Bonchev–Trinajstić information content (AvgIpc) is 3.26. The molecular formula is C17H27NO. The highest BCUT2D eigenvalue weighted by molar-refractivity contribution is 5.20. The minimum Gasteiger partial charge on any atom is -0.494 e. The minimum atomic E-state index is 0.824. The van der Waals surface area contributed by atoms with Crippen LogP contribution in [-0.2, 0) is 0 Å². The van der Waals surface area contributed by atoms with Gasteiger partial charge in [-0.05, 0) is 56.7 Å². The zero-order valence-electron chi connectivity index (χ0n) is 12.1. The van der Waals surface area contributed by atoms with Crippen LogP contribution in [0.3, 0.4) is 0 Å². The Labute approximate surface area is 117 Å². The third kappa shape index (κ3) is 6.11. The second kappa shape index (κ2) is 8.21. The number of benzene rings is 1. The van der Waals surface area contributed by atoms with E-state index in [2.05, 4.69) is 12.2 Å². The van der Waals surface area contributed by atoms with E-state index in [1.54, 1.807) is 0 Å². The maximum atomic E-state index is 5.75. The van der Waals surface area contributed by atoms with E-state index >= 15 is 0 Å². The molecule has 0 amide bonds. The fourth-order valence-corrected chi connectivity index (χ4v) is 2.46. The Morgan fingerprint density at radius 3 is 2.68 bits per heavy atom. The molecular weight excluding hydrogens is 234 g/mol. The first-order valence-corrected chi connectivity index (χ1v) is 7.79. The summed E-state index contributed by atoms with van der Waals surface area (Å²) >= 11 is 0. The van der Waals surface area contributed by atoms with Crippen LogP contribution in [0, 0.1) is 5.92 Å². The van der Waals surface area contributed by atoms with Crippen LogP contribution in [0.25, 0.3) is 0 Å². The van der Waals surface area contributed by atoms with Crippen molar-refractivity contribution in [2.75, 3.05) is 13.2 Å². The van der Waals surface area contributed by atoms with Gasteiger partial charge in [-0.15, -0.1) is 0 Å². The van der Waals surface area contributed by atoms with Gasteiger partial charge in [-0.1, -0.05) is 31.5 Å². The first-order chi connectivity index (χ1) is 9.38. The molecule has 0 bridgehead atoms. The molecule has 1 N–H and O–H groups in total. The second-order valence-corrected chi connectivity index (χ2v) is 5.64. The first kappa shape index (κ1) is 14.4. The molecule has 0 heterocycles. The van der Waals surface area contributed by atoms with E-state index < -0.39 is 0 Å². The largest absolute Gasteiger partial charge is 0.494 e. The quantitative estimate of drug-likeness (QED) is 0.642. The molecule has 2 nitrogen and oxygen atoms in total. The van der Waals surface area contributed by atoms with Crippen LogP contribution >= 0.6 is 0 Å². The van der Waals surface area contributed by atoms with Gasteiger partial charge in [0.25, 0.3) is 0 Å². The van der Waals surface area contributed by atoms with Crippen molar-refractivity contribution in [1.82, 2.24) is 5.32 Å². The summed E-state index contributed by atoms with van der Waals surface area (Å²) in [5.74, 6) is 1.82. The van der Waals surface area contributed by atoms with Crippen LogP contribution in [0.5, 0.6) is 5.75 Å². The highest BCUT2D eigenvalue weighted by Gasteiger charge is 2.21. The van der Waals surface area contributed by atoms with Gasteiger partial charge in [0, 0.05) is 6.04 Å². The summed E-state index contributed by atoms with van der Waals surface area (Å²) in [5.41, 5.74) is 0. The fraction of sp³-hybridized carbons (Fsp3) is 0.647. The van der Waals surface area contributed by atoms with Gasteiger partial charge < -0.3 is 10.1 Å². The molecule has 1 atom stereocenters. The maximum absolute atomic E-state index is 5.75. The normalized spacial score (nSPS) is 16.3. The molecule has 0 spiro atoms. The molecule has 0 aromatic heterocycles. The van der Waals surface area contributed by atoms with E-state index in [4.69, 9.17) is 4.74 Å². The summed E-state index contributed by atoms with van der Waals surface area (Å²) < 4.78 is 5.75. The lowest BCUT2D eigenvalue weighted by molar-refractivity contribution is 0.285. The molecule has 1 saturated carbocycles. The van der Waals surface area contributed by atoms with Gasteiger partial charge in [-0.25, -0.2) is 0 Å². The Hall–Kier alpha value is -1.02. The van der Waals surface area contributed by atoms with E-state index in [1.165, 1.54) is 38.6 Å². The van der Waals surface area contributed by atoms with E-state index in [1.807, 2.05) is 30.3 Å². The number of para-hydroxylation sites is 1. The third-order valence-corrected chi connectivity index (χ3v) is 3.74. The number of hydrogen-bond donors (Lipinski definition) is 1. The second-order valence-electron chi connectivity index (χ2n) is 5.64. The highest BCUT2D eigenvalue weighted by Crippen LogP contribution is 2.21. The van der Waals surface area contributed by atoms with Crippen LogP contribution in [0.1, 0.15) is 45.4 Å². The third-order valence-electron chi connectivity index (χ3n) is 3.74. The molecule has 106 valence electrons. The van der Waals surface area contributed by atoms with E-state index in [9.17, 15) is 0 Å². The van der Waals surface area contributed by atoms with Gasteiger partial charge in [0.05, 0.1) is 6.61 Å². The van der Waals surface area contributed by atoms with Crippen LogP contribution in [0.2, 0.25) is 0 Å². The van der Waals surface area contributed by atoms with Crippen LogP contribution < -0.4 is 10.1 Å². The summed E-state index contributed by atoms with van der Waals surface area (Å²) in [6.45, 7) is 4.32. The standard InChI is InChI=1S/C17H27NO/c1-2-7-15(14-18-16-11-12-16)8-6-13-19-17-9-4-3-5-10-17/h3-5,9-10,15-16,18H,2,6-8,11-14H2,1H3. The monoisotopic (exact) mass is 261 g/mol. The maximum Gasteiger partial charge on any atom is 0.119 e. The van der Waals surface area contributed by atoms with Crippen molar-refractivity contribution in [3.05, 3.63) is 30.3 Å². The predicted molar refractivity (Wildman–Crippen MR) is 80.6 cm³/mol. The molecule has 1 aliphatic carbocycles. The summed E-state index contributed by atoms with van der Waals surface area (Å²) in [4.78, 5) is 0. The smallest absolute Gasteiger partial charge is 0.119 e. The van der Waals surface area contributed by atoms with Gasteiger partial charge in [-0.3, -0.25) is 0 Å². The van der Waals surface area contributed by atoms with Crippen LogP contribution in [-0.4, -0.2) is 19.2 Å².